The van der Waals surface area contributed by atoms with Crippen molar-refractivity contribution in [3.05, 3.63) is 63.1 Å². The zero-order chi connectivity index (χ0) is 15.6. The standard InChI is InChI=1S/C15H11BN2O3/c1-9-13(16)14(19)12(15(20)21)8-18(9)7-11-4-2-10(6-17)3-5-11/h2-5,8H,7H2,1H3,(H,20,21). The maximum atomic E-state index is 11.8. The lowest BCUT2D eigenvalue weighted by Gasteiger charge is -2.14. The molecule has 0 aliphatic rings. The molecule has 2 radical (unpaired) electrons. The van der Waals surface area contributed by atoms with Crippen LogP contribution in [0.5, 0.6) is 0 Å². The molecule has 0 fully saturated rings. The fraction of sp³-hybridized carbons (Fsp3) is 0.133. The number of aromatic carboxylic acids is 1. The molecule has 1 N–H and O–H groups in total. The Kier molecular flexibility index (Phi) is 3.94. The van der Waals surface area contributed by atoms with Crippen molar-refractivity contribution in [3.63, 3.8) is 0 Å². The van der Waals surface area contributed by atoms with Crippen LogP contribution in [0.4, 0.5) is 0 Å². The van der Waals surface area contributed by atoms with Gasteiger partial charge >= 0.3 is 5.97 Å². The average Bonchev–Trinajstić information content (AvgIpc) is 2.48. The largest absolute Gasteiger partial charge is 0.477 e. The Bertz CT molecular complexity index is 801. The molecule has 2 aromatic rings. The van der Waals surface area contributed by atoms with E-state index in [4.69, 9.17) is 18.2 Å². The lowest BCUT2D eigenvalue weighted by Crippen LogP contribution is -2.36. The highest BCUT2D eigenvalue weighted by molar-refractivity contribution is 6.33. The first kappa shape index (κ1) is 14.6. The van der Waals surface area contributed by atoms with Gasteiger partial charge in [-0.3, -0.25) is 4.79 Å². The van der Waals surface area contributed by atoms with Gasteiger partial charge in [-0.25, -0.2) is 4.79 Å². The van der Waals surface area contributed by atoms with E-state index in [0.29, 0.717) is 17.8 Å². The average molecular weight is 278 g/mol. The van der Waals surface area contributed by atoms with Gasteiger partial charge in [-0.2, -0.15) is 5.26 Å². The Morgan fingerprint density at radius 3 is 2.52 bits per heavy atom. The summed E-state index contributed by atoms with van der Waals surface area (Å²) in [6.07, 6.45) is 1.29. The first-order valence-electron chi connectivity index (χ1n) is 6.16. The number of hydrogen-bond acceptors (Lipinski definition) is 3. The number of nitriles is 1. The van der Waals surface area contributed by atoms with Crippen molar-refractivity contribution < 1.29 is 9.90 Å². The molecule has 1 heterocycles. The van der Waals surface area contributed by atoms with Crippen molar-refractivity contribution in [2.45, 2.75) is 13.5 Å². The zero-order valence-electron chi connectivity index (χ0n) is 11.3. The summed E-state index contributed by atoms with van der Waals surface area (Å²) in [7, 11) is 5.68. The van der Waals surface area contributed by atoms with E-state index in [0.717, 1.165) is 5.56 Å². The molecule has 0 saturated carbocycles. The van der Waals surface area contributed by atoms with Gasteiger partial charge in [0, 0.05) is 18.4 Å². The molecule has 2 rings (SSSR count). The summed E-state index contributed by atoms with van der Waals surface area (Å²) >= 11 is 0. The second-order valence-electron chi connectivity index (χ2n) is 4.61. The predicted octanol–water partition coefficient (Wildman–Crippen LogP) is 0.569. The molecule has 0 spiro atoms. The van der Waals surface area contributed by atoms with Gasteiger partial charge < -0.3 is 9.67 Å². The summed E-state index contributed by atoms with van der Waals surface area (Å²) in [6, 6.07) is 8.92. The summed E-state index contributed by atoms with van der Waals surface area (Å²) in [5.41, 5.74) is 0.832. The third kappa shape index (κ3) is 2.87. The minimum Gasteiger partial charge on any atom is -0.477 e. The first-order valence-corrected chi connectivity index (χ1v) is 6.16. The minimum atomic E-state index is -1.31. The van der Waals surface area contributed by atoms with E-state index in [1.165, 1.54) is 6.20 Å². The molecule has 1 aromatic heterocycles. The van der Waals surface area contributed by atoms with Gasteiger partial charge in [-0.1, -0.05) is 12.1 Å². The van der Waals surface area contributed by atoms with Crippen molar-refractivity contribution in [3.8, 4) is 6.07 Å². The van der Waals surface area contributed by atoms with E-state index in [9.17, 15) is 9.59 Å². The van der Waals surface area contributed by atoms with Crippen molar-refractivity contribution in [1.29, 1.82) is 5.26 Å². The third-order valence-corrected chi connectivity index (χ3v) is 3.26. The van der Waals surface area contributed by atoms with Crippen molar-refractivity contribution in [2.75, 3.05) is 0 Å². The number of aromatic nitrogens is 1. The van der Waals surface area contributed by atoms with Crippen LogP contribution in [0.1, 0.15) is 27.2 Å². The van der Waals surface area contributed by atoms with Crippen molar-refractivity contribution in [1.82, 2.24) is 4.57 Å². The van der Waals surface area contributed by atoms with Crippen LogP contribution >= 0.6 is 0 Å². The van der Waals surface area contributed by atoms with Crippen molar-refractivity contribution >= 4 is 19.3 Å². The van der Waals surface area contributed by atoms with Crippen LogP contribution < -0.4 is 10.9 Å². The summed E-state index contributed by atoms with van der Waals surface area (Å²) < 4.78 is 1.61. The van der Waals surface area contributed by atoms with Gasteiger partial charge in [0.25, 0.3) is 0 Å². The van der Waals surface area contributed by atoms with E-state index in [1.54, 1.807) is 35.8 Å². The molecule has 0 amide bonds. The monoisotopic (exact) mass is 278 g/mol. The van der Waals surface area contributed by atoms with Crippen LogP contribution in [0.2, 0.25) is 0 Å². The van der Waals surface area contributed by atoms with Crippen LogP contribution in [-0.4, -0.2) is 23.5 Å². The van der Waals surface area contributed by atoms with Gasteiger partial charge in [0.1, 0.15) is 13.4 Å². The van der Waals surface area contributed by atoms with Crippen LogP contribution in [-0.2, 0) is 6.54 Å². The fourth-order valence-electron chi connectivity index (χ4n) is 1.97. The fourth-order valence-corrected chi connectivity index (χ4v) is 1.97. The van der Waals surface area contributed by atoms with Crippen LogP contribution in [0.25, 0.3) is 0 Å². The molecule has 0 unspecified atom stereocenters. The number of carboxylic acids is 1. The highest BCUT2D eigenvalue weighted by Gasteiger charge is 2.14. The third-order valence-electron chi connectivity index (χ3n) is 3.26. The summed E-state index contributed by atoms with van der Waals surface area (Å²) in [5.74, 6) is -1.31. The van der Waals surface area contributed by atoms with E-state index >= 15 is 0 Å². The second-order valence-corrected chi connectivity index (χ2v) is 4.61. The number of pyridine rings is 1. The molecule has 5 nitrogen and oxygen atoms in total. The molecule has 0 atom stereocenters. The molecule has 0 aliphatic heterocycles. The topological polar surface area (TPSA) is 83.1 Å². The van der Waals surface area contributed by atoms with Gasteiger partial charge in [0.05, 0.1) is 11.6 Å². The molecular weight excluding hydrogens is 267 g/mol. The Labute approximate surface area is 122 Å². The molecule has 21 heavy (non-hydrogen) atoms. The summed E-state index contributed by atoms with van der Waals surface area (Å²) in [4.78, 5) is 22.8. The quantitative estimate of drug-likeness (QED) is 0.832. The molecule has 102 valence electrons. The maximum Gasteiger partial charge on any atom is 0.341 e. The number of carbonyl (C=O) groups is 1. The molecule has 0 saturated heterocycles. The Balaban J connectivity index is 2.46. The lowest BCUT2D eigenvalue weighted by atomic mass is 9.92. The first-order chi connectivity index (χ1) is 9.93. The summed E-state index contributed by atoms with van der Waals surface area (Å²) in [5, 5.41) is 17.8. The Morgan fingerprint density at radius 1 is 1.38 bits per heavy atom. The number of hydrogen-bond donors (Lipinski definition) is 1. The van der Waals surface area contributed by atoms with E-state index < -0.39 is 11.4 Å². The lowest BCUT2D eigenvalue weighted by molar-refractivity contribution is 0.0694. The summed E-state index contributed by atoms with van der Waals surface area (Å²) in [6.45, 7) is 2.02. The highest BCUT2D eigenvalue weighted by Crippen LogP contribution is 2.07. The normalized spacial score (nSPS) is 10.1. The van der Waals surface area contributed by atoms with Gasteiger partial charge in [0.15, 0.2) is 5.43 Å². The number of rotatable bonds is 3. The molecule has 0 aliphatic carbocycles. The van der Waals surface area contributed by atoms with Crippen LogP contribution in [0.15, 0.2) is 35.3 Å². The molecule has 1 aromatic carbocycles. The van der Waals surface area contributed by atoms with Crippen LogP contribution in [0, 0.1) is 18.3 Å². The highest BCUT2D eigenvalue weighted by atomic mass is 16.4. The zero-order valence-corrected chi connectivity index (χ0v) is 11.3. The Hall–Kier alpha value is -2.81. The number of carboxylic acid groups (broad SMARTS) is 1. The van der Waals surface area contributed by atoms with Crippen LogP contribution in [0.3, 0.4) is 0 Å². The van der Waals surface area contributed by atoms with E-state index in [1.807, 2.05) is 6.07 Å². The van der Waals surface area contributed by atoms with Crippen molar-refractivity contribution in [2.24, 2.45) is 0 Å². The number of nitrogens with zero attached hydrogens (tertiary/aromatic N) is 2. The number of benzene rings is 1. The molecule has 0 bridgehead atoms. The SMILES string of the molecule is [B]c1c(C)n(Cc2ccc(C#N)cc2)cc(C(=O)O)c1=O. The van der Waals surface area contributed by atoms with Gasteiger partial charge in [-0.05, 0) is 30.1 Å². The molecule has 6 heteroatoms. The maximum absolute atomic E-state index is 11.8. The smallest absolute Gasteiger partial charge is 0.341 e. The van der Waals surface area contributed by atoms with E-state index in [2.05, 4.69) is 0 Å². The Morgan fingerprint density at radius 2 is 2.00 bits per heavy atom. The second kappa shape index (κ2) is 5.67. The molecular formula is C15H11BN2O3. The van der Waals surface area contributed by atoms with E-state index in [-0.39, 0.29) is 11.0 Å². The van der Waals surface area contributed by atoms with Gasteiger partial charge in [0.2, 0.25) is 0 Å². The van der Waals surface area contributed by atoms with Gasteiger partial charge in [-0.15, -0.1) is 0 Å². The predicted molar refractivity (Wildman–Crippen MR) is 78.0 cm³/mol. The minimum absolute atomic E-state index is 0.0662.